The first-order valence-electron chi connectivity index (χ1n) is 7.28. The molecule has 2 rings (SSSR count). The van der Waals surface area contributed by atoms with Gasteiger partial charge in [-0.05, 0) is 32.4 Å². The van der Waals surface area contributed by atoms with Gasteiger partial charge in [-0.15, -0.1) is 0 Å². The van der Waals surface area contributed by atoms with Gasteiger partial charge in [0.15, 0.2) is 0 Å². The average Bonchev–Trinajstić information content (AvgIpc) is 2.86. The number of hydrogen-bond acceptors (Lipinski definition) is 3. The van der Waals surface area contributed by atoms with Gasteiger partial charge < -0.3 is 14.4 Å². The number of hydrogen-bond donors (Lipinski definition) is 0. The Bertz CT molecular complexity index is 553. The summed E-state index contributed by atoms with van der Waals surface area (Å²) < 4.78 is 24.3. The lowest BCUT2D eigenvalue weighted by Gasteiger charge is -2.26. The van der Waals surface area contributed by atoms with Gasteiger partial charge >= 0.3 is 6.09 Å². The third-order valence-corrected chi connectivity index (χ3v) is 3.33. The Balaban J connectivity index is 1.98. The largest absolute Gasteiger partial charge is 0.485 e. The number of carbonyl (C=O) groups excluding carboxylic acids is 1. The van der Waals surface area contributed by atoms with Crippen molar-refractivity contribution < 1.29 is 18.7 Å². The SMILES string of the molecule is CN(C/C(=C\F)C1Cc2ccccc2O1)C(=O)OC(C)(C)C. The predicted octanol–water partition coefficient (Wildman–Crippen LogP) is 3.71. The Morgan fingerprint density at radius 1 is 1.45 bits per heavy atom. The molecular formula is C17H22FNO3. The van der Waals surface area contributed by atoms with E-state index in [-0.39, 0.29) is 12.6 Å². The highest BCUT2D eigenvalue weighted by Gasteiger charge is 2.28. The highest BCUT2D eigenvalue weighted by Crippen LogP contribution is 2.31. The van der Waals surface area contributed by atoms with E-state index in [1.165, 1.54) is 4.90 Å². The Morgan fingerprint density at radius 3 is 2.73 bits per heavy atom. The van der Waals surface area contributed by atoms with Crippen molar-refractivity contribution in [2.45, 2.75) is 38.9 Å². The molecule has 0 aromatic heterocycles. The monoisotopic (exact) mass is 307 g/mol. The maximum Gasteiger partial charge on any atom is 0.410 e. The third-order valence-electron chi connectivity index (χ3n) is 3.33. The second-order valence-electron chi connectivity index (χ2n) is 6.44. The molecule has 0 radical (unpaired) electrons. The number of nitrogens with zero attached hydrogens (tertiary/aromatic N) is 1. The number of benzene rings is 1. The summed E-state index contributed by atoms with van der Waals surface area (Å²) in [6, 6.07) is 7.63. The van der Waals surface area contributed by atoms with Crippen molar-refractivity contribution in [3.05, 3.63) is 41.7 Å². The fourth-order valence-corrected chi connectivity index (χ4v) is 2.27. The topological polar surface area (TPSA) is 38.8 Å². The van der Waals surface area contributed by atoms with Gasteiger partial charge in [-0.2, -0.15) is 0 Å². The maximum atomic E-state index is 13.3. The van der Waals surface area contributed by atoms with E-state index in [2.05, 4.69) is 0 Å². The zero-order valence-corrected chi connectivity index (χ0v) is 13.4. The summed E-state index contributed by atoms with van der Waals surface area (Å²) in [6.45, 7) is 5.51. The molecule has 0 N–H and O–H groups in total. The molecule has 1 aliphatic heterocycles. The number of rotatable bonds is 3. The van der Waals surface area contributed by atoms with E-state index < -0.39 is 11.7 Å². The molecule has 0 saturated heterocycles. The van der Waals surface area contributed by atoms with Crippen LogP contribution in [0.25, 0.3) is 0 Å². The highest BCUT2D eigenvalue weighted by molar-refractivity contribution is 5.68. The van der Waals surface area contributed by atoms with E-state index in [0.29, 0.717) is 18.3 Å². The second kappa shape index (κ2) is 6.38. The second-order valence-corrected chi connectivity index (χ2v) is 6.44. The number of halogens is 1. The summed E-state index contributed by atoms with van der Waals surface area (Å²) in [6.07, 6.45) is 0.264. The summed E-state index contributed by atoms with van der Waals surface area (Å²) in [5, 5.41) is 0. The number of fused-ring (bicyclic) bond motifs is 1. The number of amides is 1. The number of likely N-dealkylation sites (N-methyl/N-ethyl adjacent to an activating group) is 1. The van der Waals surface area contributed by atoms with E-state index >= 15 is 0 Å². The molecule has 5 heteroatoms. The molecule has 120 valence electrons. The molecule has 0 spiro atoms. The van der Waals surface area contributed by atoms with Crippen molar-refractivity contribution >= 4 is 6.09 Å². The Morgan fingerprint density at radius 2 is 2.14 bits per heavy atom. The van der Waals surface area contributed by atoms with E-state index in [0.717, 1.165) is 11.3 Å². The fraction of sp³-hybridized carbons (Fsp3) is 0.471. The van der Waals surface area contributed by atoms with Crippen LogP contribution in [-0.2, 0) is 11.2 Å². The molecule has 22 heavy (non-hydrogen) atoms. The van der Waals surface area contributed by atoms with E-state index in [9.17, 15) is 9.18 Å². The van der Waals surface area contributed by atoms with Gasteiger partial charge in [-0.3, -0.25) is 0 Å². The van der Waals surface area contributed by atoms with Crippen molar-refractivity contribution in [2.75, 3.05) is 13.6 Å². The molecule has 1 aromatic rings. The summed E-state index contributed by atoms with van der Waals surface area (Å²) in [4.78, 5) is 13.3. The number of carbonyl (C=O) groups is 1. The molecule has 0 saturated carbocycles. The van der Waals surface area contributed by atoms with E-state index in [1.807, 2.05) is 24.3 Å². The summed E-state index contributed by atoms with van der Waals surface area (Å²) in [7, 11) is 1.58. The standard InChI is InChI=1S/C17H22FNO3/c1-17(2,3)22-16(20)19(4)11-13(10-18)15-9-12-7-5-6-8-14(12)21-15/h5-8,10,15H,9,11H2,1-4H3/b13-10+. The maximum absolute atomic E-state index is 13.3. The Labute approximate surface area is 130 Å². The first-order valence-corrected chi connectivity index (χ1v) is 7.28. The van der Waals surface area contributed by atoms with Crippen LogP contribution in [0.3, 0.4) is 0 Å². The molecule has 4 nitrogen and oxygen atoms in total. The zero-order chi connectivity index (χ0) is 16.3. The van der Waals surface area contributed by atoms with E-state index in [4.69, 9.17) is 9.47 Å². The summed E-state index contributed by atoms with van der Waals surface area (Å²) in [5.74, 6) is 0.770. The van der Waals surface area contributed by atoms with Crippen LogP contribution in [0.2, 0.25) is 0 Å². The normalized spacial score (nSPS) is 17.7. The zero-order valence-electron chi connectivity index (χ0n) is 13.4. The van der Waals surface area contributed by atoms with Crippen LogP contribution < -0.4 is 4.74 Å². The molecule has 1 unspecified atom stereocenters. The van der Waals surface area contributed by atoms with Crippen LogP contribution in [0.15, 0.2) is 36.2 Å². The molecule has 1 aliphatic rings. The van der Waals surface area contributed by atoms with Gasteiger partial charge in [0.05, 0.1) is 12.9 Å². The lowest BCUT2D eigenvalue weighted by molar-refractivity contribution is 0.0307. The first kappa shape index (κ1) is 16.3. The molecule has 1 aromatic carbocycles. The number of para-hydroxylation sites is 1. The van der Waals surface area contributed by atoms with Gasteiger partial charge in [0.1, 0.15) is 17.5 Å². The van der Waals surface area contributed by atoms with Crippen LogP contribution in [0, 0.1) is 0 Å². The van der Waals surface area contributed by atoms with Crippen LogP contribution in [0.5, 0.6) is 5.75 Å². The van der Waals surface area contributed by atoms with Crippen molar-refractivity contribution in [3.63, 3.8) is 0 Å². The third kappa shape index (κ3) is 4.00. The van der Waals surface area contributed by atoms with Crippen LogP contribution in [0.4, 0.5) is 9.18 Å². The molecule has 1 atom stereocenters. The van der Waals surface area contributed by atoms with Crippen LogP contribution in [0.1, 0.15) is 26.3 Å². The Kier molecular flexibility index (Phi) is 4.74. The minimum atomic E-state index is -0.578. The van der Waals surface area contributed by atoms with Gasteiger partial charge in [0, 0.05) is 19.0 Å². The quantitative estimate of drug-likeness (QED) is 0.854. The predicted molar refractivity (Wildman–Crippen MR) is 82.6 cm³/mol. The molecular weight excluding hydrogens is 285 g/mol. The Hall–Kier alpha value is -2.04. The highest BCUT2D eigenvalue weighted by atomic mass is 19.1. The summed E-state index contributed by atoms with van der Waals surface area (Å²) in [5.41, 5.74) is 0.890. The smallest absolute Gasteiger partial charge is 0.410 e. The molecule has 0 fully saturated rings. The van der Waals surface area contributed by atoms with Crippen LogP contribution in [-0.4, -0.2) is 36.3 Å². The number of ether oxygens (including phenoxy) is 2. The molecule has 0 aliphatic carbocycles. The van der Waals surface area contributed by atoms with E-state index in [1.54, 1.807) is 27.8 Å². The molecule has 1 heterocycles. The molecule has 1 amide bonds. The van der Waals surface area contributed by atoms with Crippen molar-refractivity contribution in [2.24, 2.45) is 0 Å². The van der Waals surface area contributed by atoms with Crippen molar-refractivity contribution in [1.82, 2.24) is 4.90 Å². The van der Waals surface area contributed by atoms with Gasteiger partial charge in [-0.1, -0.05) is 18.2 Å². The fourth-order valence-electron chi connectivity index (χ4n) is 2.27. The minimum absolute atomic E-state index is 0.129. The summed E-state index contributed by atoms with van der Waals surface area (Å²) >= 11 is 0. The first-order chi connectivity index (χ1) is 10.3. The minimum Gasteiger partial charge on any atom is -0.485 e. The van der Waals surface area contributed by atoms with Gasteiger partial charge in [-0.25, -0.2) is 9.18 Å². The van der Waals surface area contributed by atoms with Gasteiger partial charge in [0.25, 0.3) is 0 Å². The molecule has 0 bridgehead atoms. The average molecular weight is 307 g/mol. The van der Waals surface area contributed by atoms with Gasteiger partial charge in [0.2, 0.25) is 0 Å². The van der Waals surface area contributed by atoms with Crippen molar-refractivity contribution in [1.29, 1.82) is 0 Å². The lowest BCUT2D eigenvalue weighted by Crippen LogP contribution is -2.37. The van der Waals surface area contributed by atoms with Crippen molar-refractivity contribution in [3.8, 4) is 5.75 Å². The lowest BCUT2D eigenvalue weighted by atomic mass is 10.0. The van der Waals surface area contributed by atoms with Crippen LogP contribution >= 0.6 is 0 Å².